The van der Waals surface area contributed by atoms with Gasteiger partial charge >= 0.3 is 6.03 Å². The SMILES string of the molecule is O=C1NCCN1CCNc1ncc(F)c(-c2cc3cccc(-c4ccncc4O)c3s2)n1. The van der Waals surface area contributed by atoms with Gasteiger partial charge in [0.2, 0.25) is 5.95 Å². The number of aromatic hydroxyl groups is 1. The summed E-state index contributed by atoms with van der Waals surface area (Å²) in [5, 5.41) is 17.0. The van der Waals surface area contributed by atoms with Gasteiger partial charge in [0.15, 0.2) is 5.82 Å². The number of amides is 2. The van der Waals surface area contributed by atoms with E-state index in [4.69, 9.17) is 0 Å². The second kappa shape index (κ2) is 8.39. The number of hydrogen-bond donors (Lipinski definition) is 3. The summed E-state index contributed by atoms with van der Waals surface area (Å²) in [5.41, 5.74) is 1.71. The molecule has 3 N–H and O–H groups in total. The summed E-state index contributed by atoms with van der Waals surface area (Å²) in [6.07, 6.45) is 4.17. The van der Waals surface area contributed by atoms with Crippen molar-refractivity contribution in [1.29, 1.82) is 0 Å². The molecule has 1 aliphatic heterocycles. The summed E-state index contributed by atoms with van der Waals surface area (Å²) in [7, 11) is 0. The van der Waals surface area contributed by atoms with E-state index in [9.17, 15) is 14.3 Å². The fourth-order valence-electron chi connectivity index (χ4n) is 3.66. The second-order valence-corrected chi connectivity index (χ2v) is 8.32. The van der Waals surface area contributed by atoms with E-state index < -0.39 is 5.82 Å². The number of fused-ring (bicyclic) bond motifs is 1. The van der Waals surface area contributed by atoms with E-state index >= 15 is 0 Å². The monoisotopic (exact) mass is 450 g/mol. The number of halogens is 1. The first-order valence-electron chi connectivity index (χ1n) is 10.1. The van der Waals surface area contributed by atoms with Crippen molar-refractivity contribution in [2.45, 2.75) is 0 Å². The van der Waals surface area contributed by atoms with Crippen LogP contribution in [0.1, 0.15) is 0 Å². The minimum Gasteiger partial charge on any atom is -0.506 e. The van der Waals surface area contributed by atoms with Gasteiger partial charge in [-0.2, -0.15) is 0 Å². The van der Waals surface area contributed by atoms with Crippen LogP contribution < -0.4 is 10.6 Å². The van der Waals surface area contributed by atoms with Gasteiger partial charge in [0.25, 0.3) is 0 Å². The van der Waals surface area contributed by atoms with Crippen LogP contribution in [-0.2, 0) is 0 Å². The standard InChI is InChI=1S/C22H19FN6O2S/c23-16-11-27-21(25-6-8-29-9-7-26-22(29)31)28-19(16)18-10-13-2-1-3-15(20(13)32-18)14-4-5-24-12-17(14)30/h1-5,10-12,30H,6-9H2,(H,26,31)(H,25,27,28). The Balaban J connectivity index is 1.43. The molecule has 3 aromatic heterocycles. The van der Waals surface area contributed by atoms with Gasteiger partial charge in [-0.15, -0.1) is 11.3 Å². The molecule has 162 valence electrons. The lowest BCUT2D eigenvalue weighted by Crippen LogP contribution is -2.32. The Labute approximate surface area is 186 Å². The van der Waals surface area contributed by atoms with Crippen molar-refractivity contribution in [2.75, 3.05) is 31.5 Å². The summed E-state index contributed by atoms with van der Waals surface area (Å²) in [6, 6.07) is 9.29. The van der Waals surface area contributed by atoms with Crippen molar-refractivity contribution in [1.82, 2.24) is 25.2 Å². The third-order valence-electron chi connectivity index (χ3n) is 5.22. The summed E-state index contributed by atoms with van der Waals surface area (Å²) < 4.78 is 15.5. The Kier molecular flexibility index (Phi) is 5.28. The van der Waals surface area contributed by atoms with Gasteiger partial charge in [-0.1, -0.05) is 18.2 Å². The van der Waals surface area contributed by atoms with Gasteiger partial charge in [0.05, 0.1) is 17.3 Å². The molecule has 4 aromatic rings. The quantitative estimate of drug-likeness (QED) is 0.414. The highest BCUT2D eigenvalue weighted by molar-refractivity contribution is 7.22. The molecule has 0 unspecified atom stereocenters. The number of nitrogens with zero attached hydrogens (tertiary/aromatic N) is 4. The Morgan fingerprint density at radius 1 is 1.25 bits per heavy atom. The highest BCUT2D eigenvalue weighted by Crippen LogP contribution is 2.41. The van der Waals surface area contributed by atoms with Crippen molar-refractivity contribution in [2.24, 2.45) is 0 Å². The van der Waals surface area contributed by atoms with Crippen molar-refractivity contribution in [3.8, 4) is 27.4 Å². The highest BCUT2D eigenvalue weighted by atomic mass is 32.1. The van der Waals surface area contributed by atoms with Crippen LogP contribution in [0.3, 0.4) is 0 Å². The van der Waals surface area contributed by atoms with E-state index in [1.807, 2.05) is 24.3 Å². The van der Waals surface area contributed by atoms with Crippen molar-refractivity contribution in [3.05, 3.63) is 54.7 Å². The number of hydrogen-bond acceptors (Lipinski definition) is 7. The smallest absolute Gasteiger partial charge is 0.317 e. The van der Waals surface area contributed by atoms with E-state index in [2.05, 4.69) is 25.6 Å². The van der Waals surface area contributed by atoms with Crippen LogP contribution in [0.2, 0.25) is 0 Å². The number of pyridine rings is 1. The first-order valence-corrected chi connectivity index (χ1v) is 10.9. The van der Waals surface area contributed by atoms with Crippen LogP contribution in [0.4, 0.5) is 15.1 Å². The molecule has 5 rings (SSSR count). The average Bonchev–Trinajstić information content (AvgIpc) is 3.41. The maximum atomic E-state index is 14.6. The number of nitrogens with one attached hydrogen (secondary N) is 2. The molecule has 10 heteroatoms. The topological polar surface area (TPSA) is 103 Å². The predicted octanol–water partition coefficient (Wildman–Crippen LogP) is 3.70. The fourth-order valence-corrected chi connectivity index (χ4v) is 4.84. The number of rotatable bonds is 6. The van der Waals surface area contributed by atoms with Gasteiger partial charge < -0.3 is 20.6 Å². The number of thiophene rings is 1. The summed E-state index contributed by atoms with van der Waals surface area (Å²) >= 11 is 1.40. The van der Waals surface area contributed by atoms with Crippen LogP contribution in [0, 0.1) is 5.82 Å². The number of benzene rings is 1. The Bertz CT molecular complexity index is 1310. The van der Waals surface area contributed by atoms with Gasteiger partial charge in [-0.05, 0) is 17.5 Å². The Morgan fingerprint density at radius 3 is 2.97 bits per heavy atom. The maximum Gasteiger partial charge on any atom is 0.317 e. The third-order valence-corrected chi connectivity index (χ3v) is 6.41. The lowest BCUT2D eigenvalue weighted by molar-refractivity contribution is 0.219. The molecular weight excluding hydrogens is 431 g/mol. The number of aromatic nitrogens is 3. The first kappa shape index (κ1) is 20.1. The molecule has 0 atom stereocenters. The molecule has 1 fully saturated rings. The van der Waals surface area contributed by atoms with Gasteiger partial charge in [-0.3, -0.25) is 4.98 Å². The van der Waals surface area contributed by atoms with E-state index in [1.54, 1.807) is 17.2 Å². The van der Waals surface area contributed by atoms with Gasteiger partial charge in [0.1, 0.15) is 11.4 Å². The van der Waals surface area contributed by atoms with Crippen molar-refractivity contribution < 1.29 is 14.3 Å². The maximum absolute atomic E-state index is 14.6. The molecule has 0 saturated carbocycles. The number of anilines is 1. The van der Waals surface area contributed by atoms with Crippen molar-refractivity contribution >= 4 is 33.4 Å². The predicted molar refractivity (Wildman–Crippen MR) is 121 cm³/mol. The zero-order valence-electron chi connectivity index (χ0n) is 16.9. The third kappa shape index (κ3) is 3.80. The lowest BCUT2D eigenvalue weighted by Gasteiger charge is -2.14. The largest absolute Gasteiger partial charge is 0.506 e. The average molecular weight is 450 g/mol. The highest BCUT2D eigenvalue weighted by Gasteiger charge is 2.19. The van der Waals surface area contributed by atoms with Crippen LogP contribution in [-0.4, -0.2) is 57.2 Å². The molecule has 1 aliphatic rings. The molecule has 1 saturated heterocycles. The van der Waals surface area contributed by atoms with Crippen LogP contribution in [0.15, 0.2) is 48.9 Å². The second-order valence-electron chi connectivity index (χ2n) is 7.26. The molecular formula is C22H19FN6O2S. The van der Waals surface area contributed by atoms with Gasteiger partial charge in [-0.25, -0.2) is 19.2 Å². The molecule has 4 heterocycles. The normalized spacial score (nSPS) is 13.5. The molecule has 8 nitrogen and oxygen atoms in total. The molecule has 1 aromatic carbocycles. The molecule has 0 bridgehead atoms. The molecule has 32 heavy (non-hydrogen) atoms. The van der Waals surface area contributed by atoms with E-state index in [-0.39, 0.29) is 17.5 Å². The van der Waals surface area contributed by atoms with E-state index in [1.165, 1.54) is 17.5 Å². The molecule has 0 spiro atoms. The number of carbonyl (C=O) groups excluding carboxylic acids is 1. The Hall–Kier alpha value is -3.79. The Morgan fingerprint density at radius 2 is 2.16 bits per heavy atom. The minimum atomic E-state index is -0.519. The number of carbonyl (C=O) groups is 1. The van der Waals surface area contributed by atoms with E-state index in [0.717, 1.165) is 21.8 Å². The van der Waals surface area contributed by atoms with E-state index in [0.29, 0.717) is 42.6 Å². The summed E-state index contributed by atoms with van der Waals surface area (Å²) in [4.78, 5) is 26.3. The van der Waals surface area contributed by atoms with Gasteiger partial charge in [0, 0.05) is 48.2 Å². The number of urea groups is 1. The molecule has 0 aliphatic carbocycles. The minimum absolute atomic E-state index is 0.0846. The first-order chi connectivity index (χ1) is 15.6. The van der Waals surface area contributed by atoms with Crippen LogP contribution >= 0.6 is 11.3 Å². The van der Waals surface area contributed by atoms with Crippen LogP contribution in [0.5, 0.6) is 5.75 Å². The van der Waals surface area contributed by atoms with Crippen LogP contribution in [0.25, 0.3) is 31.8 Å². The summed E-state index contributed by atoms with van der Waals surface area (Å²) in [6.45, 7) is 2.26. The lowest BCUT2D eigenvalue weighted by atomic mass is 10.0. The fraction of sp³-hybridized carbons (Fsp3) is 0.182. The van der Waals surface area contributed by atoms with Crippen molar-refractivity contribution in [3.63, 3.8) is 0 Å². The molecule has 0 radical (unpaired) electrons. The zero-order chi connectivity index (χ0) is 22.1. The zero-order valence-corrected chi connectivity index (χ0v) is 17.7. The summed E-state index contributed by atoms with van der Waals surface area (Å²) in [5.74, 6) is -0.138. The molecule has 2 amide bonds.